The van der Waals surface area contributed by atoms with Crippen molar-refractivity contribution in [2.24, 2.45) is 4.99 Å². The average molecular weight is 164 g/mol. The Hall–Kier alpha value is -1.09. The highest BCUT2D eigenvalue weighted by Crippen LogP contribution is 2.19. The van der Waals surface area contributed by atoms with Gasteiger partial charge in [-0.1, -0.05) is 16.6 Å². The lowest BCUT2D eigenvalue weighted by Gasteiger charge is -1.90. The van der Waals surface area contributed by atoms with Gasteiger partial charge < -0.3 is 4.98 Å². The lowest BCUT2D eigenvalue weighted by atomic mass is 10.5. The van der Waals surface area contributed by atoms with Crippen molar-refractivity contribution in [1.82, 2.24) is 4.98 Å². The summed E-state index contributed by atoms with van der Waals surface area (Å²) in [4.78, 5) is 7.21. The molecule has 0 fully saturated rings. The third-order valence-electron chi connectivity index (χ3n) is 1.40. The van der Waals surface area contributed by atoms with Crippen molar-refractivity contribution in [3.8, 4) is 0 Å². The Labute approximate surface area is 67.2 Å². The number of H-pyrrole nitrogens is 1. The maximum atomic E-state index is 4.03. The minimum atomic E-state index is 0.0815. The molecule has 0 aromatic carbocycles. The van der Waals surface area contributed by atoms with Gasteiger partial charge in [0.05, 0.1) is 10.2 Å². The van der Waals surface area contributed by atoms with Crippen LogP contribution >= 0.6 is 10.5 Å². The summed E-state index contributed by atoms with van der Waals surface area (Å²) in [5.41, 5.74) is 1.95. The number of hydrogen-bond acceptors (Lipinski definition) is 1. The van der Waals surface area contributed by atoms with E-state index in [2.05, 4.69) is 21.5 Å². The van der Waals surface area contributed by atoms with Crippen LogP contribution in [0.1, 0.15) is 0 Å². The van der Waals surface area contributed by atoms with Gasteiger partial charge in [0.25, 0.3) is 0 Å². The molecule has 56 valence electrons. The summed E-state index contributed by atoms with van der Waals surface area (Å²) in [6.07, 6.45) is 3.77. The third kappa shape index (κ3) is 1.33. The predicted octanol–water partition coefficient (Wildman–Crippen LogP) is 2.33. The molecule has 1 aliphatic rings. The molecular weight excluding hydrogens is 156 g/mol. The maximum absolute atomic E-state index is 4.03. The predicted molar refractivity (Wildman–Crippen MR) is 49.3 cm³/mol. The Morgan fingerprint density at radius 2 is 2.36 bits per heavy atom. The van der Waals surface area contributed by atoms with E-state index >= 15 is 0 Å². The normalized spacial score (nSPS) is 22.5. The van der Waals surface area contributed by atoms with Crippen molar-refractivity contribution >= 4 is 16.0 Å². The molecule has 0 aliphatic carbocycles. The summed E-state index contributed by atoms with van der Waals surface area (Å²) in [6.45, 7) is 0. The molecule has 0 saturated heterocycles. The molecule has 0 saturated carbocycles. The SMILES string of the molecule is C1=CS(=c2cccc[nH]2)C=N1. The molecule has 11 heavy (non-hydrogen) atoms. The van der Waals surface area contributed by atoms with Crippen LogP contribution in [0.25, 0.3) is 0 Å². The molecule has 0 spiro atoms. The van der Waals surface area contributed by atoms with E-state index in [1.54, 1.807) is 0 Å². The van der Waals surface area contributed by atoms with Crippen molar-refractivity contribution in [2.75, 3.05) is 0 Å². The van der Waals surface area contributed by atoms with Crippen LogP contribution in [-0.4, -0.2) is 10.5 Å². The first-order valence-corrected chi connectivity index (χ1v) is 4.70. The molecule has 2 rings (SSSR count). The largest absolute Gasteiger partial charge is 0.357 e. The number of aliphatic imine (C=N–C) groups is 1. The summed E-state index contributed by atoms with van der Waals surface area (Å²) in [5.74, 6) is 0. The Morgan fingerprint density at radius 3 is 3.00 bits per heavy atom. The maximum Gasteiger partial charge on any atom is 0.0719 e. The van der Waals surface area contributed by atoms with Crippen LogP contribution in [0.4, 0.5) is 0 Å². The Kier molecular flexibility index (Phi) is 1.73. The molecule has 0 amide bonds. The van der Waals surface area contributed by atoms with E-state index < -0.39 is 0 Å². The second kappa shape index (κ2) is 2.88. The van der Waals surface area contributed by atoms with Gasteiger partial charge in [0.2, 0.25) is 0 Å². The van der Waals surface area contributed by atoms with Crippen LogP contribution in [0.15, 0.2) is 41.0 Å². The molecule has 1 aromatic rings. The van der Waals surface area contributed by atoms with E-state index in [9.17, 15) is 0 Å². The summed E-state index contributed by atoms with van der Waals surface area (Å²) >= 11 is 0. The molecule has 2 heterocycles. The van der Waals surface area contributed by atoms with Crippen molar-refractivity contribution in [3.05, 3.63) is 40.6 Å². The van der Waals surface area contributed by atoms with Gasteiger partial charge in [-0.15, -0.1) is 0 Å². The van der Waals surface area contributed by atoms with Gasteiger partial charge in [-0.25, -0.2) is 0 Å². The monoisotopic (exact) mass is 164 g/mol. The number of aromatic amines is 1. The van der Waals surface area contributed by atoms with Crippen LogP contribution in [0.3, 0.4) is 0 Å². The highest BCUT2D eigenvalue weighted by Gasteiger charge is 1.90. The van der Waals surface area contributed by atoms with E-state index in [-0.39, 0.29) is 10.5 Å². The molecule has 3 heteroatoms. The third-order valence-corrected chi connectivity index (χ3v) is 2.93. The van der Waals surface area contributed by atoms with Gasteiger partial charge >= 0.3 is 0 Å². The van der Waals surface area contributed by atoms with Crippen LogP contribution < -0.4 is 0 Å². The standard InChI is InChI=1S/C8H8N2S/c1-2-4-10-8(3-1)11-6-5-9-7-11/h1-7,10H. The van der Waals surface area contributed by atoms with Gasteiger partial charge in [0.1, 0.15) is 0 Å². The zero-order chi connectivity index (χ0) is 7.52. The fraction of sp³-hybridized carbons (Fsp3) is 0. The smallest absolute Gasteiger partial charge is 0.0719 e. The Balaban J connectivity index is 2.66. The van der Waals surface area contributed by atoms with E-state index in [1.807, 2.05) is 30.1 Å². The number of rotatable bonds is 0. The zero-order valence-electron chi connectivity index (χ0n) is 5.90. The summed E-state index contributed by atoms with van der Waals surface area (Å²) < 4.78 is 1.21. The fourth-order valence-corrected chi connectivity index (χ4v) is 2.06. The first kappa shape index (κ1) is 6.61. The number of nitrogens with one attached hydrogen (secondary N) is 1. The van der Waals surface area contributed by atoms with Crippen molar-refractivity contribution in [1.29, 1.82) is 0 Å². The molecular formula is C8H8N2S. The number of hydrogen-bond donors (Lipinski definition) is 1. The first-order chi connectivity index (χ1) is 5.47. The van der Waals surface area contributed by atoms with Crippen molar-refractivity contribution < 1.29 is 0 Å². The highest BCUT2D eigenvalue weighted by atomic mass is 32.2. The zero-order valence-corrected chi connectivity index (χ0v) is 6.71. The van der Waals surface area contributed by atoms with E-state index in [0.29, 0.717) is 0 Å². The minimum absolute atomic E-state index is 0.0815. The molecule has 1 N–H and O–H groups in total. The second-order valence-corrected chi connectivity index (χ2v) is 3.80. The van der Waals surface area contributed by atoms with Gasteiger partial charge in [0.15, 0.2) is 0 Å². The lowest BCUT2D eigenvalue weighted by Crippen LogP contribution is -1.72. The first-order valence-electron chi connectivity index (χ1n) is 3.35. The van der Waals surface area contributed by atoms with Crippen LogP contribution in [0.5, 0.6) is 0 Å². The van der Waals surface area contributed by atoms with Crippen molar-refractivity contribution in [3.63, 3.8) is 0 Å². The van der Waals surface area contributed by atoms with Crippen LogP contribution in [0.2, 0.25) is 0 Å². The lowest BCUT2D eigenvalue weighted by molar-refractivity contribution is 1.30. The molecule has 0 radical (unpaired) electrons. The van der Waals surface area contributed by atoms with Crippen LogP contribution in [-0.2, 0) is 0 Å². The van der Waals surface area contributed by atoms with Crippen molar-refractivity contribution in [2.45, 2.75) is 0 Å². The summed E-state index contributed by atoms with van der Waals surface area (Å²) in [7, 11) is 0.0815. The quantitative estimate of drug-likeness (QED) is 0.570. The minimum Gasteiger partial charge on any atom is -0.357 e. The molecule has 0 bridgehead atoms. The molecule has 2 nitrogen and oxygen atoms in total. The summed E-state index contributed by atoms with van der Waals surface area (Å²) in [6, 6.07) is 6.08. The highest BCUT2D eigenvalue weighted by molar-refractivity contribution is 8.24. The van der Waals surface area contributed by atoms with E-state index in [4.69, 9.17) is 0 Å². The number of pyridine rings is 1. The molecule has 1 aromatic heterocycles. The Morgan fingerprint density at radius 1 is 1.36 bits per heavy atom. The summed E-state index contributed by atoms with van der Waals surface area (Å²) in [5, 5.41) is 2.09. The molecule has 1 unspecified atom stereocenters. The Bertz CT molecular complexity index is 342. The number of nitrogens with zero attached hydrogens (tertiary/aromatic N) is 1. The van der Waals surface area contributed by atoms with E-state index in [1.165, 1.54) is 4.64 Å². The van der Waals surface area contributed by atoms with Crippen LogP contribution in [0, 0.1) is 4.64 Å². The van der Waals surface area contributed by atoms with Gasteiger partial charge in [0, 0.05) is 12.4 Å². The molecule has 1 atom stereocenters. The second-order valence-electron chi connectivity index (χ2n) is 2.14. The fourth-order valence-electron chi connectivity index (χ4n) is 0.890. The average Bonchev–Trinajstić information content (AvgIpc) is 2.58. The van der Waals surface area contributed by atoms with Gasteiger partial charge in [-0.05, 0) is 17.5 Å². The molecule has 1 aliphatic heterocycles. The number of aromatic nitrogens is 1. The van der Waals surface area contributed by atoms with Gasteiger partial charge in [-0.3, -0.25) is 4.99 Å². The van der Waals surface area contributed by atoms with E-state index in [0.717, 1.165) is 0 Å². The topological polar surface area (TPSA) is 28.1 Å². The van der Waals surface area contributed by atoms with Gasteiger partial charge in [-0.2, -0.15) is 0 Å².